The van der Waals surface area contributed by atoms with E-state index in [0.29, 0.717) is 0 Å². The summed E-state index contributed by atoms with van der Waals surface area (Å²) in [6.45, 7) is 2.02. The molecule has 2 atom stereocenters. The average molecular weight is 209 g/mol. The maximum absolute atomic E-state index is 9.84. The van der Waals surface area contributed by atoms with E-state index in [1.165, 1.54) is 10.6 Å². The van der Waals surface area contributed by atoms with Crippen LogP contribution in [-0.4, -0.2) is 23.6 Å². The highest BCUT2D eigenvalue weighted by Gasteiger charge is 2.31. The Morgan fingerprint density at radius 2 is 2.21 bits per heavy atom. The molecule has 0 saturated heterocycles. The first kappa shape index (κ1) is 9.87. The minimum Gasteiger partial charge on any atom is -0.390 e. The van der Waals surface area contributed by atoms with Crippen LogP contribution in [0.5, 0.6) is 0 Å². The van der Waals surface area contributed by atoms with E-state index in [-0.39, 0.29) is 11.5 Å². The smallest absolute Gasteiger partial charge is 0.105 e. The zero-order chi connectivity index (χ0) is 10.1. The van der Waals surface area contributed by atoms with Gasteiger partial charge in [0.05, 0.1) is 11.8 Å². The molecule has 0 amide bonds. The van der Waals surface area contributed by atoms with Crippen LogP contribution in [0.3, 0.4) is 0 Å². The molecule has 1 aliphatic rings. The summed E-state index contributed by atoms with van der Waals surface area (Å²) in [4.78, 5) is 3.43. The Kier molecular flexibility index (Phi) is 2.70. The first-order valence-electron chi connectivity index (χ1n) is 4.90. The highest BCUT2D eigenvalue weighted by Crippen LogP contribution is 2.43. The van der Waals surface area contributed by atoms with Crippen LogP contribution < -0.4 is 4.90 Å². The largest absolute Gasteiger partial charge is 0.390 e. The number of likely N-dealkylation sites (N-methyl/N-ethyl adjacent to an activating group) is 1. The van der Waals surface area contributed by atoms with E-state index in [1.54, 1.807) is 11.8 Å². The Hall–Kier alpha value is -0.670. The van der Waals surface area contributed by atoms with E-state index in [4.69, 9.17) is 0 Å². The summed E-state index contributed by atoms with van der Waals surface area (Å²) in [6, 6.07) is 8.29. The molecule has 0 aromatic heterocycles. The molecule has 0 unspecified atom stereocenters. The SMILES string of the molecule is CC[C@@H](O)[C@@H]1Sc2ccccc2N1C. The first-order valence-corrected chi connectivity index (χ1v) is 5.78. The summed E-state index contributed by atoms with van der Waals surface area (Å²) in [5.74, 6) is 0. The molecule has 0 aliphatic carbocycles. The highest BCUT2D eigenvalue weighted by atomic mass is 32.2. The molecule has 1 aromatic carbocycles. The molecule has 14 heavy (non-hydrogen) atoms. The van der Waals surface area contributed by atoms with Crippen molar-refractivity contribution in [1.29, 1.82) is 0 Å². The third-order valence-corrected chi connectivity index (χ3v) is 4.09. The van der Waals surface area contributed by atoms with Gasteiger partial charge in [0, 0.05) is 11.9 Å². The number of fused-ring (bicyclic) bond motifs is 1. The van der Waals surface area contributed by atoms with Crippen LogP contribution in [0.15, 0.2) is 29.2 Å². The fourth-order valence-corrected chi connectivity index (χ4v) is 3.10. The number of hydrogen-bond donors (Lipinski definition) is 1. The van der Waals surface area contributed by atoms with Gasteiger partial charge in [0.1, 0.15) is 5.37 Å². The summed E-state index contributed by atoms with van der Waals surface area (Å²) in [6.07, 6.45) is 0.549. The lowest BCUT2D eigenvalue weighted by molar-refractivity contribution is 0.167. The Morgan fingerprint density at radius 1 is 1.50 bits per heavy atom. The van der Waals surface area contributed by atoms with Gasteiger partial charge in [-0.1, -0.05) is 30.8 Å². The van der Waals surface area contributed by atoms with Crippen molar-refractivity contribution in [1.82, 2.24) is 0 Å². The fourth-order valence-electron chi connectivity index (χ4n) is 1.73. The number of aliphatic hydroxyl groups is 1. The number of anilines is 1. The van der Waals surface area contributed by atoms with E-state index in [2.05, 4.69) is 17.0 Å². The minimum atomic E-state index is -0.252. The Morgan fingerprint density at radius 3 is 2.86 bits per heavy atom. The molecule has 1 aromatic rings. The average Bonchev–Trinajstić information content (AvgIpc) is 2.56. The van der Waals surface area contributed by atoms with E-state index >= 15 is 0 Å². The lowest BCUT2D eigenvalue weighted by Crippen LogP contribution is -2.35. The molecule has 1 N–H and O–H groups in total. The highest BCUT2D eigenvalue weighted by molar-refractivity contribution is 8.00. The van der Waals surface area contributed by atoms with Crippen molar-refractivity contribution in [2.75, 3.05) is 11.9 Å². The second kappa shape index (κ2) is 3.83. The first-order chi connectivity index (χ1) is 6.74. The van der Waals surface area contributed by atoms with Gasteiger partial charge in [-0.3, -0.25) is 0 Å². The molecule has 0 fully saturated rings. The quantitative estimate of drug-likeness (QED) is 0.808. The van der Waals surface area contributed by atoms with Crippen molar-refractivity contribution in [2.45, 2.75) is 29.7 Å². The number of nitrogens with zero attached hydrogens (tertiary/aromatic N) is 1. The molecule has 1 heterocycles. The Labute approximate surface area is 88.9 Å². The molecular formula is C11H15NOS. The zero-order valence-electron chi connectivity index (χ0n) is 8.47. The molecule has 2 rings (SSSR count). The van der Waals surface area contributed by atoms with Crippen molar-refractivity contribution >= 4 is 17.4 Å². The van der Waals surface area contributed by atoms with Gasteiger partial charge in [0.25, 0.3) is 0 Å². The van der Waals surface area contributed by atoms with Crippen LogP contribution in [0.4, 0.5) is 5.69 Å². The molecule has 3 heteroatoms. The number of aliphatic hydroxyl groups excluding tert-OH is 1. The Balaban J connectivity index is 2.25. The second-order valence-corrected chi connectivity index (χ2v) is 4.72. The molecule has 0 saturated carbocycles. The lowest BCUT2D eigenvalue weighted by atomic mass is 10.2. The van der Waals surface area contributed by atoms with Crippen molar-refractivity contribution in [2.24, 2.45) is 0 Å². The van der Waals surface area contributed by atoms with E-state index in [1.807, 2.05) is 26.1 Å². The van der Waals surface area contributed by atoms with Gasteiger partial charge in [-0.25, -0.2) is 0 Å². The van der Waals surface area contributed by atoms with Crippen molar-refractivity contribution in [3.8, 4) is 0 Å². The van der Waals surface area contributed by atoms with Crippen LogP contribution in [-0.2, 0) is 0 Å². The fraction of sp³-hybridized carbons (Fsp3) is 0.455. The van der Waals surface area contributed by atoms with Crippen LogP contribution >= 0.6 is 11.8 Å². The maximum Gasteiger partial charge on any atom is 0.105 e. The normalized spacial score (nSPS) is 22.2. The summed E-state index contributed by atoms with van der Waals surface area (Å²) in [5, 5.41) is 10.0. The molecule has 1 aliphatic heterocycles. The van der Waals surface area contributed by atoms with Crippen LogP contribution in [0.25, 0.3) is 0 Å². The topological polar surface area (TPSA) is 23.5 Å². The molecule has 0 radical (unpaired) electrons. The zero-order valence-corrected chi connectivity index (χ0v) is 9.29. The molecule has 0 spiro atoms. The number of hydrogen-bond acceptors (Lipinski definition) is 3. The number of para-hydroxylation sites is 1. The van der Waals surface area contributed by atoms with Gasteiger partial charge in [-0.2, -0.15) is 0 Å². The standard InChI is InChI=1S/C11H15NOS/c1-3-9(13)11-12(2)8-6-4-5-7-10(8)14-11/h4-7,9,11,13H,3H2,1-2H3/t9-,11+/m1/s1. The van der Waals surface area contributed by atoms with Crippen molar-refractivity contribution < 1.29 is 5.11 Å². The molecular weight excluding hydrogens is 194 g/mol. The van der Waals surface area contributed by atoms with E-state index in [9.17, 15) is 5.11 Å². The van der Waals surface area contributed by atoms with E-state index in [0.717, 1.165) is 6.42 Å². The summed E-state index contributed by atoms with van der Waals surface area (Å²) >= 11 is 1.75. The number of thioether (sulfide) groups is 1. The minimum absolute atomic E-state index is 0.178. The van der Waals surface area contributed by atoms with Crippen LogP contribution in [0, 0.1) is 0 Å². The predicted octanol–water partition coefficient (Wildman–Crippen LogP) is 2.33. The lowest BCUT2D eigenvalue weighted by Gasteiger charge is -2.25. The number of benzene rings is 1. The van der Waals surface area contributed by atoms with Crippen molar-refractivity contribution in [3.05, 3.63) is 24.3 Å². The van der Waals surface area contributed by atoms with E-state index < -0.39 is 0 Å². The predicted molar refractivity (Wildman–Crippen MR) is 60.8 cm³/mol. The van der Waals surface area contributed by atoms with Crippen LogP contribution in [0.1, 0.15) is 13.3 Å². The summed E-state index contributed by atoms with van der Waals surface area (Å²) in [7, 11) is 2.04. The monoisotopic (exact) mass is 209 g/mol. The van der Waals surface area contributed by atoms with Gasteiger partial charge in [0.2, 0.25) is 0 Å². The van der Waals surface area contributed by atoms with Gasteiger partial charge < -0.3 is 10.0 Å². The number of rotatable bonds is 2. The van der Waals surface area contributed by atoms with Crippen molar-refractivity contribution in [3.63, 3.8) is 0 Å². The molecule has 2 nitrogen and oxygen atoms in total. The molecule has 0 bridgehead atoms. The van der Waals surface area contributed by atoms with Gasteiger partial charge in [-0.05, 0) is 18.6 Å². The summed E-state index contributed by atoms with van der Waals surface area (Å²) in [5.41, 5.74) is 1.23. The molecule has 76 valence electrons. The maximum atomic E-state index is 9.84. The van der Waals surface area contributed by atoms with Gasteiger partial charge in [-0.15, -0.1) is 0 Å². The third kappa shape index (κ3) is 1.51. The van der Waals surface area contributed by atoms with Crippen LogP contribution in [0.2, 0.25) is 0 Å². The Bertz CT molecular complexity index is 329. The third-order valence-electron chi connectivity index (χ3n) is 2.62. The van der Waals surface area contributed by atoms with Gasteiger partial charge >= 0.3 is 0 Å². The van der Waals surface area contributed by atoms with Gasteiger partial charge in [0.15, 0.2) is 0 Å². The second-order valence-electron chi connectivity index (χ2n) is 3.56. The summed E-state index contributed by atoms with van der Waals surface area (Å²) < 4.78 is 0.